The maximum atomic E-state index is 6.75. The topological polar surface area (TPSA) is 21.3 Å². The Morgan fingerprint density at radius 2 is 0.746 bits per heavy atom. The number of anilines is 3. The van der Waals surface area contributed by atoms with Gasteiger partial charge < -0.3 is 13.9 Å². The number of para-hydroxylation sites is 3. The van der Waals surface area contributed by atoms with Crippen molar-refractivity contribution in [1.82, 2.24) is 4.57 Å². The van der Waals surface area contributed by atoms with E-state index in [1.807, 2.05) is 0 Å². The Morgan fingerprint density at radius 1 is 0.284 bits per heavy atom. The summed E-state index contributed by atoms with van der Waals surface area (Å²) in [4.78, 5) is 2.35. The van der Waals surface area contributed by atoms with Crippen molar-refractivity contribution in [2.45, 2.75) is 0 Å². The minimum atomic E-state index is 0.906. The Morgan fingerprint density at radius 3 is 1.39 bits per heavy atom. The Labute approximate surface area is 388 Å². The third-order valence-corrected chi connectivity index (χ3v) is 13.4. The normalized spacial score (nSPS) is 11.6. The molecule has 0 aliphatic rings. The average molecular weight is 855 g/mol. The van der Waals surface area contributed by atoms with Gasteiger partial charge in [-0.3, -0.25) is 0 Å². The molecule has 0 spiro atoms. The van der Waals surface area contributed by atoms with Crippen molar-refractivity contribution >= 4 is 71.6 Å². The van der Waals surface area contributed by atoms with Gasteiger partial charge in [0.15, 0.2) is 0 Å². The largest absolute Gasteiger partial charge is 0.455 e. The molecule has 0 radical (unpaired) electrons. The van der Waals surface area contributed by atoms with Crippen molar-refractivity contribution in [2.24, 2.45) is 0 Å². The monoisotopic (exact) mass is 854 g/mol. The van der Waals surface area contributed by atoms with Crippen LogP contribution in [0.15, 0.2) is 259 Å². The molecule has 3 nitrogen and oxygen atoms in total. The summed E-state index contributed by atoms with van der Waals surface area (Å²) in [7, 11) is 0. The van der Waals surface area contributed by atoms with Crippen molar-refractivity contribution in [3.8, 4) is 50.2 Å². The van der Waals surface area contributed by atoms with Crippen LogP contribution in [0.25, 0.3) is 105 Å². The zero-order valence-electron chi connectivity index (χ0n) is 36.6. The van der Waals surface area contributed by atoms with E-state index in [4.69, 9.17) is 4.42 Å². The van der Waals surface area contributed by atoms with Gasteiger partial charge in [0, 0.05) is 55.2 Å². The summed E-state index contributed by atoms with van der Waals surface area (Å²) in [6, 6.07) is 91.8. The summed E-state index contributed by atoms with van der Waals surface area (Å²) in [6.45, 7) is 0. The van der Waals surface area contributed by atoms with Gasteiger partial charge >= 0.3 is 0 Å². The molecule has 0 unspecified atom stereocenters. The van der Waals surface area contributed by atoms with E-state index in [1.165, 1.54) is 49.4 Å². The third-order valence-electron chi connectivity index (χ3n) is 13.4. The van der Waals surface area contributed by atoms with E-state index in [0.717, 1.165) is 72.3 Å². The molecule has 11 aromatic carbocycles. The van der Waals surface area contributed by atoms with Crippen LogP contribution in [-0.2, 0) is 0 Å². The second-order valence-corrected chi connectivity index (χ2v) is 17.3. The predicted molar refractivity (Wildman–Crippen MR) is 282 cm³/mol. The lowest BCUT2D eigenvalue weighted by Crippen LogP contribution is -2.09. The maximum absolute atomic E-state index is 6.75. The number of hydrogen-bond donors (Lipinski definition) is 0. The number of nitrogens with zero attached hydrogens (tertiary/aromatic N) is 2. The second-order valence-electron chi connectivity index (χ2n) is 17.3. The summed E-state index contributed by atoms with van der Waals surface area (Å²) < 4.78 is 9.13. The second kappa shape index (κ2) is 16.0. The number of rotatable bonds is 8. The molecule has 2 aromatic heterocycles. The van der Waals surface area contributed by atoms with Gasteiger partial charge in [-0.15, -0.1) is 0 Å². The van der Waals surface area contributed by atoms with E-state index in [2.05, 4.69) is 264 Å². The van der Waals surface area contributed by atoms with Gasteiger partial charge in [0.05, 0.1) is 11.0 Å². The van der Waals surface area contributed by atoms with Crippen LogP contribution in [0.5, 0.6) is 0 Å². The minimum Gasteiger partial charge on any atom is -0.455 e. The first-order valence-electron chi connectivity index (χ1n) is 22.9. The quantitative estimate of drug-likeness (QED) is 0.152. The maximum Gasteiger partial charge on any atom is 0.143 e. The molecular weight excluding hydrogens is 813 g/mol. The molecule has 67 heavy (non-hydrogen) atoms. The summed E-state index contributed by atoms with van der Waals surface area (Å²) in [6.07, 6.45) is 0. The number of fused-ring (bicyclic) bond motifs is 8. The Hall–Kier alpha value is -8.92. The van der Waals surface area contributed by atoms with Crippen LogP contribution in [0.4, 0.5) is 17.1 Å². The molecule has 0 saturated carbocycles. The zero-order chi connectivity index (χ0) is 44.3. The van der Waals surface area contributed by atoms with Gasteiger partial charge in [-0.2, -0.15) is 0 Å². The van der Waals surface area contributed by atoms with Gasteiger partial charge in [-0.05, 0) is 117 Å². The SMILES string of the molecule is c1ccc(-c2cccc(-c3ccc(N(c4ccc(-c5cccc(-n6c7ccccc7c7ccccc76)c5)cc4)c4ccc(-c5cccc6c5oc5c7ccccc7ccc65)cc4)cc3)c2)cc1. The van der Waals surface area contributed by atoms with E-state index in [9.17, 15) is 0 Å². The van der Waals surface area contributed by atoms with Crippen LogP contribution in [0.3, 0.4) is 0 Å². The molecule has 0 amide bonds. The Balaban J connectivity index is 0.881. The number of aromatic nitrogens is 1. The third kappa shape index (κ3) is 6.67. The molecule has 13 rings (SSSR count). The first-order valence-corrected chi connectivity index (χ1v) is 22.9. The smallest absolute Gasteiger partial charge is 0.143 e. The highest BCUT2D eigenvalue weighted by atomic mass is 16.3. The predicted octanol–water partition coefficient (Wildman–Crippen LogP) is 18.0. The highest BCUT2D eigenvalue weighted by Crippen LogP contribution is 2.42. The Bertz CT molecular complexity index is 3900. The zero-order valence-corrected chi connectivity index (χ0v) is 36.6. The van der Waals surface area contributed by atoms with Crippen molar-refractivity contribution in [3.63, 3.8) is 0 Å². The highest BCUT2D eigenvalue weighted by molar-refractivity contribution is 6.17. The summed E-state index contributed by atoms with van der Waals surface area (Å²) in [5.41, 5.74) is 17.9. The first kappa shape index (κ1) is 38.5. The van der Waals surface area contributed by atoms with Gasteiger partial charge in [0.25, 0.3) is 0 Å². The number of furan rings is 1. The van der Waals surface area contributed by atoms with E-state index in [-0.39, 0.29) is 0 Å². The first-order chi connectivity index (χ1) is 33.2. The summed E-state index contributed by atoms with van der Waals surface area (Å²) in [5, 5.41) is 7.08. The van der Waals surface area contributed by atoms with E-state index < -0.39 is 0 Å². The lowest BCUT2D eigenvalue weighted by molar-refractivity contribution is 0.674. The molecule has 0 saturated heterocycles. The van der Waals surface area contributed by atoms with Gasteiger partial charge in [0.2, 0.25) is 0 Å². The van der Waals surface area contributed by atoms with Gasteiger partial charge in [-0.1, -0.05) is 182 Å². The molecule has 2 heterocycles. The lowest BCUT2D eigenvalue weighted by atomic mass is 9.98. The van der Waals surface area contributed by atoms with Crippen molar-refractivity contribution in [3.05, 3.63) is 255 Å². The van der Waals surface area contributed by atoms with E-state index >= 15 is 0 Å². The molecule has 0 fully saturated rings. The van der Waals surface area contributed by atoms with Gasteiger partial charge in [0.1, 0.15) is 11.2 Å². The fourth-order valence-corrected chi connectivity index (χ4v) is 10.1. The van der Waals surface area contributed by atoms with Gasteiger partial charge in [-0.25, -0.2) is 0 Å². The molecular formula is C64H42N2O. The molecule has 314 valence electrons. The van der Waals surface area contributed by atoms with E-state index in [1.54, 1.807) is 0 Å². The lowest BCUT2D eigenvalue weighted by Gasteiger charge is -2.26. The molecule has 0 N–H and O–H groups in total. The molecule has 0 aliphatic heterocycles. The summed E-state index contributed by atoms with van der Waals surface area (Å²) in [5.74, 6) is 0. The van der Waals surface area contributed by atoms with Crippen LogP contribution < -0.4 is 4.90 Å². The molecule has 0 atom stereocenters. The molecule has 13 aromatic rings. The highest BCUT2D eigenvalue weighted by Gasteiger charge is 2.18. The van der Waals surface area contributed by atoms with Crippen LogP contribution >= 0.6 is 0 Å². The fraction of sp³-hybridized carbons (Fsp3) is 0. The molecule has 0 bridgehead atoms. The van der Waals surface area contributed by atoms with Crippen LogP contribution in [0, 0.1) is 0 Å². The summed E-state index contributed by atoms with van der Waals surface area (Å²) >= 11 is 0. The van der Waals surface area contributed by atoms with Crippen LogP contribution in [-0.4, -0.2) is 4.57 Å². The van der Waals surface area contributed by atoms with Crippen molar-refractivity contribution in [1.29, 1.82) is 0 Å². The number of benzene rings is 11. The molecule has 0 aliphatic carbocycles. The average Bonchev–Trinajstić information content (AvgIpc) is 3.96. The van der Waals surface area contributed by atoms with Crippen molar-refractivity contribution in [2.75, 3.05) is 4.90 Å². The van der Waals surface area contributed by atoms with Crippen LogP contribution in [0.1, 0.15) is 0 Å². The van der Waals surface area contributed by atoms with Crippen molar-refractivity contribution < 1.29 is 4.42 Å². The van der Waals surface area contributed by atoms with E-state index in [0.29, 0.717) is 0 Å². The minimum absolute atomic E-state index is 0.906. The standard InChI is InChI=1S/C64H42N2O/c1-2-13-43(14-3-1)48-16-10-17-49(41-48)44-27-34-51(35-28-44)65(53-38-31-47(32-39-53)56-23-12-24-59-60-40-33-46-15-4-5-20-55(46)64(60)67-63(56)59)52-36-29-45(30-37-52)50-18-11-19-54(42-50)66-61-25-8-6-21-57(61)58-22-7-9-26-62(58)66/h1-42H. The molecule has 3 heteroatoms. The van der Waals surface area contributed by atoms with Crippen LogP contribution in [0.2, 0.25) is 0 Å². The fourth-order valence-electron chi connectivity index (χ4n) is 10.1. The Kier molecular flexibility index (Phi) is 9.17. The number of hydrogen-bond acceptors (Lipinski definition) is 2.